The van der Waals surface area contributed by atoms with Gasteiger partial charge >= 0.3 is 0 Å². The van der Waals surface area contributed by atoms with E-state index in [2.05, 4.69) is 4.72 Å². The fourth-order valence-corrected chi connectivity index (χ4v) is 3.99. The smallest absolute Gasteiger partial charge is 0.240 e. The van der Waals surface area contributed by atoms with E-state index >= 15 is 0 Å². The molecule has 1 aliphatic rings. The second kappa shape index (κ2) is 4.97. The highest BCUT2D eigenvalue weighted by Gasteiger charge is 2.59. The molecule has 2 atom stereocenters. The lowest BCUT2D eigenvalue weighted by atomic mass is 10.1. The molecule has 0 radical (unpaired) electrons. The van der Waals surface area contributed by atoms with Gasteiger partial charge in [-0.25, -0.2) is 13.1 Å². The van der Waals surface area contributed by atoms with E-state index in [-0.39, 0.29) is 27.9 Å². The fraction of sp³-hybridized carbons (Fsp3) is 0.533. The van der Waals surface area contributed by atoms with E-state index in [0.717, 1.165) is 5.56 Å². The summed E-state index contributed by atoms with van der Waals surface area (Å²) in [5.41, 5.74) is 0.908. The van der Waals surface area contributed by atoms with Gasteiger partial charge in [0, 0.05) is 12.5 Å². The molecule has 0 aliphatic heterocycles. The first-order valence-corrected chi connectivity index (χ1v) is 8.21. The fourth-order valence-electron chi connectivity index (χ4n) is 2.93. The predicted molar refractivity (Wildman–Crippen MR) is 77.8 cm³/mol. The van der Waals surface area contributed by atoms with E-state index in [1.165, 1.54) is 0 Å². The van der Waals surface area contributed by atoms with Crippen LogP contribution in [0, 0.1) is 24.2 Å². The van der Waals surface area contributed by atoms with Crippen molar-refractivity contribution in [1.82, 2.24) is 4.72 Å². The quantitative estimate of drug-likeness (QED) is 0.905. The summed E-state index contributed by atoms with van der Waals surface area (Å²) in [5, 5.41) is 0. The van der Waals surface area contributed by atoms with Gasteiger partial charge in [0.2, 0.25) is 10.0 Å². The summed E-state index contributed by atoms with van der Waals surface area (Å²) in [4.78, 5) is 11.8. The Balaban J connectivity index is 2.04. The van der Waals surface area contributed by atoms with Crippen molar-refractivity contribution in [3.05, 3.63) is 29.8 Å². The van der Waals surface area contributed by atoms with E-state index in [9.17, 15) is 13.2 Å². The van der Waals surface area contributed by atoms with Crippen molar-refractivity contribution >= 4 is 15.8 Å². The van der Waals surface area contributed by atoms with Crippen LogP contribution in [0.3, 0.4) is 0 Å². The zero-order chi connectivity index (χ0) is 15.1. The van der Waals surface area contributed by atoms with Gasteiger partial charge in [-0.3, -0.25) is 4.79 Å². The summed E-state index contributed by atoms with van der Waals surface area (Å²) in [6.07, 6.45) is 0. The van der Waals surface area contributed by atoms with Crippen molar-refractivity contribution < 1.29 is 13.2 Å². The molecule has 1 saturated carbocycles. The van der Waals surface area contributed by atoms with Crippen LogP contribution in [0.1, 0.15) is 26.3 Å². The molecule has 1 N–H and O–H groups in total. The highest BCUT2D eigenvalue weighted by molar-refractivity contribution is 7.89. The van der Waals surface area contributed by atoms with Crippen LogP contribution in [-0.4, -0.2) is 20.7 Å². The Morgan fingerprint density at radius 3 is 2.25 bits per heavy atom. The highest BCUT2D eigenvalue weighted by Crippen LogP contribution is 2.58. The van der Waals surface area contributed by atoms with E-state index in [1.807, 2.05) is 20.8 Å². The number of hydrogen-bond donors (Lipinski definition) is 1. The van der Waals surface area contributed by atoms with Crippen molar-refractivity contribution in [2.75, 3.05) is 6.54 Å². The number of hydrogen-bond acceptors (Lipinski definition) is 3. The molecule has 1 aliphatic carbocycles. The second-order valence-corrected chi connectivity index (χ2v) is 7.95. The largest absolute Gasteiger partial charge is 0.300 e. The minimum Gasteiger partial charge on any atom is -0.300 e. The molecule has 0 saturated heterocycles. The Morgan fingerprint density at radius 2 is 1.80 bits per heavy atom. The third kappa shape index (κ3) is 2.79. The normalized spacial score (nSPS) is 24.4. The van der Waals surface area contributed by atoms with Gasteiger partial charge in [0.25, 0.3) is 0 Å². The van der Waals surface area contributed by atoms with Gasteiger partial charge < -0.3 is 0 Å². The number of carbonyl (C=O) groups is 1. The summed E-state index contributed by atoms with van der Waals surface area (Å²) in [6.45, 7) is 7.80. The molecule has 0 bridgehead atoms. The minimum absolute atomic E-state index is 0.0387. The van der Waals surface area contributed by atoms with Gasteiger partial charge in [0.05, 0.1) is 4.90 Å². The van der Waals surface area contributed by atoms with Crippen molar-refractivity contribution in [3.8, 4) is 0 Å². The van der Waals surface area contributed by atoms with Crippen LogP contribution in [0.15, 0.2) is 29.2 Å². The molecule has 20 heavy (non-hydrogen) atoms. The highest BCUT2D eigenvalue weighted by atomic mass is 32.2. The van der Waals surface area contributed by atoms with Crippen LogP contribution >= 0.6 is 0 Å². The molecule has 0 amide bonds. The number of ketones is 1. The predicted octanol–water partition coefficient (Wildman–Crippen LogP) is 2.13. The molecular weight excluding hydrogens is 274 g/mol. The number of carbonyl (C=O) groups excluding carboxylic acids is 1. The van der Waals surface area contributed by atoms with E-state index in [1.54, 1.807) is 31.2 Å². The molecule has 4 nitrogen and oxygen atoms in total. The summed E-state index contributed by atoms with van der Waals surface area (Å²) in [5.74, 6) is 0.179. The first-order chi connectivity index (χ1) is 9.16. The molecular formula is C15H21NO3S. The van der Waals surface area contributed by atoms with Crippen LogP contribution in [0.25, 0.3) is 0 Å². The lowest BCUT2D eigenvalue weighted by Crippen LogP contribution is -2.27. The third-order valence-corrected chi connectivity index (χ3v) is 5.75. The van der Waals surface area contributed by atoms with Gasteiger partial charge in [-0.1, -0.05) is 31.5 Å². The van der Waals surface area contributed by atoms with Crippen LogP contribution in [0.5, 0.6) is 0 Å². The van der Waals surface area contributed by atoms with Crippen molar-refractivity contribution in [3.63, 3.8) is 0 Å². The zero-order valence-corrected chi connectivity index (χ0v) is 13.1. The van der Waals surface area contributed by atoms with Gasteiger partial charge in [-0.05, 0) is 37.3 Å². The molecule has 1 aromatic rings. The van der Waals surface area contributed by atoms with Crippen LogP contribution < -0.4 is 4.72 Å². The Bertz CT molecular complexity index is 617. The Hall–Kier alpha value is -1.20. The van der Waals surface area contributed by atoms with E-state index in [4.69, 9.17) is 0 Å². The zero-order valence-electron chi connectivity index (χ0n) is 12.3. The minimum atomic E-state index is -3.49. The van der Waals surface area contributed by atoms with E-state index in [0.29, 0.717) is 6.54 Å². The maximum atomic E-state index is 12.2. The SMILES string of the molecule is CC(=O)[C@H]1[C@@H](CNS(=O)(=O)c2ccc(C)cc2)C1(C)C. The summed E-state index contributed by atoms with van der Waals surface area (Å²) < 4.78 is 27.0. The molecule has 0 aromatic heterocycles. The van der Waals surface area contributed by atoms with Crippen molar-refractivity contribution in [1.29, 1.82) is 0 Å². The first-order valence-electron chi connectivity index (χ1n) is 6.73. The molecule has 1 aromatic carbocycles. The van der Waals surface area contributed by atoms with Gasteiger partial charge in [-0.15, -0.1) is 0 Å². The maximum Gasteiger partial charge on any atom is 0.240 e. The lowest BCUT2D eigenvalue weighted by molar-refractivity contribution is -0.119. The molecule has 0 unspecified atom stereocenters. The van der Waals surface area contributed by atoms with Gasteiger partial charge in [0.1, 0.15) is 5.78 Å². The summed E-state index contributed by atoms with van der Waals surface area (Å²) in [7, 11) is -3.49. The number of nitrogens with one attached hydrogen (secondary N) is 1. The summed E-state index contributed by atoms with van der Waals surface area (Å²) in [6, 6.07) is 6.73. The Morgan fingerprint density at radius 1 is 1.25 bits per heavy atom. The molecule has 2 rings (SSSR count). The molecule has 0 spiro atoms. The number of sulfonamides is 1. The third-order valence-electron chi connectivity index (χ3n) is 4.31. The van der Waals surface area contributed by atoms with Crippen molar-refractivity contribution in [2.24, 2.45) is 17.3 Å². The number of rotatable bonds is 5. The average Bonchev–Trinajstić information content (AvgIpc) is 2.89. The van der Waals surface area contributed by atoms with Crippen LogP contribution in [0.2, 0.25) is 0 Å². The Labute approximate surface area is 120 Å². The number of aryl methyl sites for hydroxylation is 1. The Kier molecular flexibility index (Phi) is 3.77. The maximum absolute atomic E-state index is 12.2. The van der Waals surface area contributed by atoms with Crippen molar-refractivity contribution in [2.45, 2.75) is 32.6 Å². The second-order valence-electron chi connectivity index (χ2n) is 6.18. The average molecular weight is 295 g/mol. The van der Waals surface area contributed by atoms with Crippen LogP contribution in [-0.2, 0) is 14.8 Å². The van der Waals surface area contributed by atoms with Gasteiger partial charge in [-0.2, -0.15) is 0 Å². The van der Waals surface area contributed by atoms with Gasteiger partial charge in [0.15, 0.2) is 0 Å². The monoisotopic (exact) mass is 295 g/mol. The van der Waals surface area contributed by atoms with Crippen LogP contribution in [0.4, 0.5) is 0 Å². The lowest BCUT2D eigenvalue weighted by Gasteiger charge is -2.07. The first kappa shape index (κ1) is 15.2. The molecule has 5 heteroatoms. The standard InChI is InChI=1S/C15H21NO3S/c1-10-5-7-12(8-6-10)20(18,19)16-9-13-14(11(2)17)15(13,3)4/h5-8,13-14,16H,9H2,1-4H3/t13-,14+/m1/s1. The molecule has 110 valence electrons. The van der Waals surface area contributed by atoms with E-state index < -0.39 is 10.0 Å². The summed E-state index contributed by atoms with van der Waals surface area (Å²) >= 11 is 0. The number of benzene rings is 1. The number of Topliss-reactive ketones (excluding diaryl/α,β-unsaturated/α-hetero) is 1. The molecule has 1 fully saturated rings. The molecule has 0 heterocycles. The topological polar surface area (TPSA) is 63.2 Å².